The minimum Gasteiger partial charge on any atom is -0.342 e. The molecule has 1 amide bonds. The second-order valence-corrected chi connectivity index (χ2v) is 17.0. The minimum absolute atomic E-state index is 0.113. The molecule has 0 aromatic rings. The van der Waals surface area contributed by atoms with Crippen molar-refractivity contribution < 1.29 is 4.79 Å². The molecular weight excluding hydrogens is 462 g/mol. The summed E-state index contributed by atoms with van der Waals surface area (Å²) in [5.74, 6) is 4.80. The average molecular weight is 522 g/mol. The fourth-order valence-corrected chi connectivity index (χ4v) is 13.1. The molecule has 5 saturated carbocycles. The van der Waals surface area contributed by atoms with Crippen molar-refractivity contribution in [2.24, 2.45) is 62.6 Å². The van der Waals surface area contributed by atoms with Gasteiger partial charge in [0.05, 0.1) is 5.41 Å². The summed E-state index contributed by atoms with van der Waals surface area (Å²) < 4.78 is 0. The first-order valence-electron chi connectivity index (χ1n) is 16.8. The zero-order valence-corrected chi connectivity index (χ0v) is 26.1. The Morgan fingerprint density at radius 1 is 0.763 bits per heavy atom. The normalized spacial score (nSPS) is 51.8. The van der Waals surface area contributed by atoms with E-state index in [0.717, 1.165) is 43.7 Å². The second kappa shape index (κ2) is 8.85. The lowest BCUT2D eigenvalue weighted by atomic mass is 9.32. The molecule has 2 nitrogen and oxygen atoms in total. The summed E-state index contributed by atoms with van der Waals surface area (Å²) in [4.78, 5) is 16.8. The minimum atomic E-state index is -0.113. The molecule has 0 radical (unpaired) electrons. The Bertz CT molecular complexity index is 976. The van der Waals surface area contributed by atoms with Crippen LogP contribution in [0.2, 0.25) is 0 Å². The first-order valence-corrected chi connectivity index (χ1v) is 16.8. The smallest absolute Gasteiger partial charge is 0.229 e. The van der Waals surface area contributed by atoms with Crippen LogP contribution < -0.4 is 0 Å². The fourth-order valence-electron chi connectivity index (χ4n) is 13.1. The van der Waals surface area contributed by atoms with Gasteiger partial charge in [-0.15, -0.1) is 0 Å². The molecule has 5 aliphatic carbocycles. The van der Waals surface area contributed by atoms with Crippen LogP contribution in [-0.4, -0.2) is 23.9 Å². The van der Waals surface area contributed by atoms with Crippen molar-refractivity contribution in [2.45, 2.75) is 132 Å². The third-order valence-corrected chi connectivity index (χ3v) is 15.7. The van der Waals surface area contributed by atoms with Crippen LogP contribution >= 0.6 is 0 Å². The van der Waals surface area contributed by atoms with E-state index >= 15 is 0 Å². The topological polar surface area (TPSA) is 20.3 Å². The van der Waals surface area contributed by atoms with E-state index in [-0.39, 0.29) is 5.41 Å². The number of allylic oxidation sites excluding steroid dienone is 1. The lowest BCUT2D eigenvalue weighted by Gasteiger charge is -2.73. The third kappa shape index (κ3) is 3.39. The lowest BCUT2D eigenvalue weighted by molar-refractivity contribution is -0.241. The van der Waals surface area contributed by atoms with Crippen LogP contribution in [-0.2, 0) is 4.79 Å². The van der Waals surface area contributed by atoms with Gasteiger partial charge in [0, 0.05) is 13.1 Å². The van der Waals surface area contributed by atoms with Crippen molar-refractivity contribution in [2.75, 3.05) is 13.1 Å². The summed E-state index contributed by atoms with van der Waals surface area (Å²) in [5, 5.41) is 0. The van der Waals surface area contributed by atoms with Gasteiger partial charge in [-0.05, 0) is 148 Å². The number of rotatable bonds is 2. The molecule has 0 spiro atoms. The SMILES string of the molecule is C=C(C)[C@@H]1CC[C@]2(C(=O)N3CCCCC3)CC[C@]3(C)[C@H](CC[C@@H]4[C@@]5(C)CC[C@H](C)C(C)(C)[C@@H]5CC[C@]43C)[C@@H]12. The molecule has 0 bridgehead atoms. The van der Waals surface area contributed by atoms with Crippen molar-refractivity contribution in [3.63, 3.8) is 0 Å². The van der Waals surface area contributed by atoms with Gasteiger partial charge in [0.25, 0.3) is 0 Å². The molecule has 0 N–H and O–H groups in total. The van der Waals surface area contributed by atoms with Crippen LogP contribution in [0.3, 0.4) is 0 Å². The number of nitrogens with zero attached hydrogens (tertiary/aromatic N) is 1. The number of amides is 1. The summed E-state index contributed by atoms with van der Waals surface area (Å²) in [6.07, 6.45) is 16.8. The largest absolute Gasteiger partial charge is 0.342 e. The highest BCUT2D eigenvalue weighted by Gasteiger charge is 2.71. The summed E-state index contributed by atoms with van der Waals surface area (Å²) in [6.45, 7) is 24.8. The molecule has 10 atom stereocenters. The Kier molecular flexibility index (Phi) is 6.38. The lowest BCUT2D eigenvalue weighted by Crippen LogP contribution is -2.67. The monoisotopic (exact) mass is 521 g/mol. The van der Waals surface area contributed by atoms with Gasteiger partial charge in [0.1, 0.15) is 0 Å². The predicted octanol–water partition coefficient (Wildman–Crippen LogP) is 9.29. The molecule has 2 heteroatoms. The van der Waals surface area contributed by atoms with Crippen molar-refractivity contribution in [3.8, 4) is 0 Å². The van der Waals surface area contributed by atoms with Gasteiger partial charge in [-0.1, -0.05) is 53.7 Å². The van der Waals surface area contributed by atoms with Gasteiger partial charge < -0.3 is 4.90 Å². The molecule has 0 unspecified atom stereocenters. The Hall–Kier alpha value is -0.790. The van der Waals surface area contributed by atoms with E-state index in [9.17, 15) is 4.79 Å². The second-order valence-electron chi connectivity index (χ2n) is 17.0. The van der Waals surface area contributed by atoms with Gasteiger partial charge in [-0.25, -0.2) is 0 Å². The molecule has 6 aliphatic rings. The predicted molar refractivity (Wildman–Crippen MR) is 159 cm³/mol. The molecular formula is C36H59NO. The summed E-state index contributed by atoms with van der Waals surface area (Å²) in [6, 6.07) is 0. The van der Waals surface area contributed by atoms with Crippen LogP contribution in [0.1, 0.15) is 132 Å². The molecule has 1 aliphatic heterocycles. The average Bonchev–Trinajstić information content (AvgIpc) is 3.28. The Balaban J connectivity index is 1.38. The highest BCUT2D eigenvalue weighted by atomic mass is 16.2. The van der Waals surface area contributed by atoms with Gasteiger partial charge >= 0.3 is 0 Å². The highest BCUT2D eigenvalue weighted by Crippen LogP contribution is 2.78. The standard InChI is InChI=1S/C36H59NO/c1-24(2)26-15-19-36(31(38)37-22-10-9-11-23-37)21-20-34(7)27(30(26)36)12-13-29-33(6)17-14-25(3)32(4,5)28(33)16-18-35(29,34)8/h25-30H,1,9-23H2,2-8H3/t25-,26-,27+,28-,29+,30+,33-,34+,35+,36-/m0/s1. The Labute approximate surface area is 235 Å². The molecule has 0 aromatic carbocycles. The fraction of sp³-hybridized carbons (Fsp3) is 0.917. The van der Waals surface area contributed by atoms with E-state index in [2.05, 4.69) is 59.9 Å². The van der Waals surface area contributed by atoms with Crippen molar-refractivity contribution in [1.82, 2.24) is 4.90 Å². The molecule has 0 aromatic heterocycles. The van der Waals surface area contributed by atoms with E-state index in [4.69, 9.17) is 0 Å². The summed E-state index contributed by atoms with van der Waals surface area (Å²) in [5.41, 5.74) is 2.89. The zero-order chi connectivity index (χ0) is 27.3. The van der Waals surface area contributed by atoms with E-state index in [1.54, 1.807) is 0 Å². The van der Waals surface area contributed by atoms with E-state index in [0.29, 0.717) is 45.3 Å². The quantitative estimate of drug-likeness (QED) is 0.332. The van der Waals surface area contributed by atoms with E-state index < -0.39 is 0 Å². The third-order valence-electron chi connectivity index (χ3n) is 15.7. The van der Waals surface area contributed by atoms with Crippen LogP contribution in [0.25, 0.3) is 0 Å². The highest BCUT2D eigenvalue weighted by molar-refractivity contribution is 5.84. The number of likely N-dealkylation sites (tertiary alicyclic amines) is 1. The van der Waals surface area contributed by atoms with Crippen LogP contribution in [0.15, 0.2) is 12.2 Å². The number of fused-ring (bicyclic) bond motifs is 7. The number of carbonyl (C=O) groups is 1. The number of hydrogen-bond donors (Lipinski definition) is 0. The van der Waals surface area contributed by atoms with Gasteiger partial charge in [0.2, 0.25) is 5.91 Å². The van der Waals surface area contributed by atoms with Crippen molar-refractivity contribution >= 4 is 5.91 Å². The maximum atomic E-state index is 14.5. The van der Waals surface area contributed by atoms with Gasteiger partial charge in [0.15, 0.2) is 0 Å². The van der Waals surface area contributed by atoms with E-state index in [1.807, 2.05) is 0 Å². The molecule has 1 heterocycles. The van der Waals surface area contributed by atoms with Crippen molar-refractivity contribution in [1.29, 1.82) is 0 Å². The Morgan fingerprint density at radius 3 is 2.16 bits per heavy atom. The first-order chi connectivity index (χ1) is 17.8. The Morgan fingerprint density at radius 2 is 1.47 bits per heavy atom. The molecule has 6 rings (SSSR count). The maximum Gasteiger partial charge on any atom is 0.229 e. The van der Waals surface area contributed by atoms with Crippen LogP contribution in [0, 0.1) is 62.6 Å². The van der Waals surface area contributed by atoms with Crippen molar-refractivity contribution in [3.05, 3.63) is 12.2 Å². The molecule has 38 heavy (non-hydrogen) atoms. The molecule has 1 saturated heterocycles. The summed E-state index contributed by atoms with van der Waals surface area (Å²) in [7, 11) is 0. The summed E-state index contributed by atoms with van der Waals surface area (Å²) >= 11 is 0. The van der Waals surface area contributed by atoms with Gasteiger partial charge in [-0.2, -0.15) is 0 Å². The first kappa shape index (κ1) is 27.4. The maximum absolute atomic E-state index is 14.5. The van der Waals surface area contributed by atoms with Crippen LogP contribution in [0.5, 0.6) is 0 Å². The zero-order valence-electron chi connectivity index (χ0n) is 26.1. The van der Waals surface area contributed by atoms with Crippen LogP contribution in [0.4, 0.5) is 0 Å². The van der Waals surface area contributed by atoms with Gasteiger partial charge in [-0.3, -0.25) is 4.79 Å². The van der Waals surface area contributed by atoms with E-state index in [1.165, 1.54) is 76.2 Å². The molecule has 6 fully saturated rings. The molecule has 214 valence electrons. The number of piperidine rings is 1. The number of carbonyl (C=O) groups excluding carboxylic acids is 1. The number of hydrogen-bond acceptors (Lipinski definition) is 1.